The van der Waals surface area contributed by atoms with E-state index in [4.69, 9.17) is 5.11 Å². The van der Waals surface area contributed by atoms with Crippen molar-refractivity contribution in [2.45, 2.75) is 62.0 Å². The summed E-state index contributed by atoms with van der Waals surface area (Å²) in [6, 6.07) is 7.23. The molecular formula is C21H25FN2O3S2. The first-order valence-corrected chi connectivity index (χ1v) is 11.7. The van der Waals surface area contributed by atoms with Gasteiger partial charge in [-0.1, -0.05) is 50.1 Å². The predicted octanol–water partition coefficient (Wildman–Crippen LogP) is 5.72. The summed E-state index contributed by atoms with van der Waals surface area (Å²) in [5.74, 6) is -0.330. The molecule has 1 fully saturated rings. The van der Waals surface area contributed by atoms with Gasteiger partial charge in [0.05, 0.1) is 0 Å². The van der Waals surface area contributed by atoms with Gasteiger partial charge in [-0.3, -0.25) is 4.79 Å². The van der Waals surface area contributed by atoms with Crippen LogP contribution >= 0.6 is 23.1 Å². The van der Waals surface area contributed by atoms with E-state index in [0.29, 0.717) is 28.5 Å². The van der Waals surface area contributed by atoms with E-state index in [2.05, 4.69) is 11.9 Å². The molecule has 1 amide bonds. The fourth-order valence-corrected chi connectivity index (χ4v) is 5.38. The van der Waals surface area contributed by atoms with E-state index in [1.165, 1.54) is 28.5 Å². The topological polar surface area (TPSA) is 70.5 Å². The lowest BCUT2D eigenvalue weighted by molar-refractivity contribution is -0.117. The molecule has 29 heavy (non-hydrogen) atoms. The van der Waals surface area contributed by atoms with E-state index < -0.39 is 12.1 Å². The van der Waals surface area contributed by atoms with Crippen molar-refractivity contribution in [3.8, 4) is 0 Å². The van der Waals surface area contributed by atoms with E-state index in [0.717, 1.165) is 31.4 Å². The number of amides is 1. The lowest BCUT2D eigenvalue weighted by Crippen LogP contribution is -2.34. The summed E-state index contributed by atoms with van der Waals surface area (Å²) >= 11 is 2.76. The molecule has 1 N–H and O–H groups in total. The molecule has 8 heteroatoms. The highest BCUT2D eigenvalue weighted by molar-refractivity contribution is 8.01. The number of alkyl halides is 1. The zero-order chi connectivity index (χ0) is 20.8. The van der Waals surface area contributed by atoms with Crippen LogP contribution in [0.25, 0.3) is 0 Å². The molecule has 156 valence electrons. The molecule has 0 saturated carbocycles. The SMILES string of the molecule is CCCCC[C@@H](F)c1ccc(N2C(=O)CC[C@@H]2CSc2nc(C(=O)O)cs2)cc1. The number of thiazole rings is 1. The Morgan fingerprint density at radius 2 is 2.14 bits per heavy atom. The minimum Gasteiger partial charge on any atom is -0.476 e. The summed E-state index contributed by atoms with van der Waals surface area (Å²) in [4.78, 5) is 29.3. The molecule has 1 aromatic carbocycles. The number of carboxylic acid groups (broad SMARTS) is 1. The number of halogens is 1. The maximum Gasteiger partial charge on any atom is 0.355 e. The second-order valence-corrected chi connectivity index (χ2v) is 9.25. The summed E-state index contributed by atoms with van der Waals surface area (Å²) in [6.07, 6.45) is 3.77. The van der Waals surface area contributed by atoms with Gasteiger partial charge in [-0.25, -0.2) is 14.2 Å². The summed E-state index contributed by atoms with van der Waals surface area (Å²) in [7, 11) is 0. The summed E-state index contributed by atoms with van der Waals surface area (Å²) in [5, 5.41) is 10.5. The monoisotopic (exact) mass is 436 g/mol. The van der Waals surface area contributed by atoms with Crippen molar-refractivity contribution >= 4 is 40.7 Å². The number of benzene rings is 1. The normalized spacial score (nSPS) is 17.7. The highest BCUT2D eigenvalue weighted by Gasteiger charge is 2.32. The minimum absolute atomic E-state index is 0.0151. The lowest BCUT2D eigenvalue weighted by atomic mass is 10.0. The van der Waals surface area contributed by atoms with E-state index in [1.807, 2.05) is 12.1 Å². The molecule has 2 atom stereocenters. The Balaban J connectivity index is 1.62. The van der Waals surface area contributed by atoms with Gasteiger partial charge in [0.2, 0.25) is 5.91 Å². The number of nitrogens with zero attached hydrogens (tertiary/aromatic N) is 2. The highest BCUT2D eigenvalue weighted by atomic mass is 32.2. The quantitative estimate of drug-likeness (QED) is 0.381. The summed E-state index contributed by atoms with van der Waals surface area (Å²) in [6.45, 7) is 2.10. The molecule has 0 unspecified atom stereocenters. The van der Waals surface area contributed by atoms with Gasteiger partial charge in [0, 0.05) is 29.3 Å². The van der Waals surface area contributed by atoms with Gasteiger partial charge in [0.25, 0.3) is 0 Å². The number of hydrogen-bond donors (Lipinski definition) is 1. The van der Waals surface area contributed by atoms with Crippen molar-refractivity contribution in [1.29, 1.82) is 0 Å². The number of rotatable bonds is 10. The molecule has 5 nitrogen and oxygen atoms in total. The third-order valence-electron chi connectivity index (χ3n) is 5.02. The van der Waals surface area contributed by atoms with Crippen LogP contribution in [-0.4, -0.2) is 33.8 Å². The number of anilines is 1. The maximum atomic E-state index is 14.4. The average molecular weight is 437 g/mol. The molecular weight excluding hydrogens is 411 g/mol. The first-order chi connectivity index (χ1) is 14.0. The zero-order valence-corrected chi connectivity index (χ0v) is 18.0. The van der Waals surface area contributed by atoms with Crippen molar-refractivity contribution in [2.75, 3.05) is 10.7 Å². The molecule has 0 bridgehead atoms. The van der Waals surface area contributed by atoms with Crippen LogP contribution in [0, 0.1) is 0 Å². The third-order valence-corrected chi connectivity index (χ3v) is 7.19. The van der Waals surface area contributed by atoms with Crippen LogP contribution in [0.4, 0.5) is 10.1 Å². The van der Waals surface area contributed by atoms with E-state index in [1.54, 1.807) is 17.0 Å². The fraction of sp³-hybridized carbons (Fsp3) is 0.476. The van der Waals surface area contributed by atoms with Crippen LogP contribution in [-0.2, 0) is 4.79 Å². The number of hydrogen-bond acceptors (Lipinski definition) is 5. The Bertz CT molecular complexity index is 841. The first-order valence-electron chi connectivity index (χ1n) is 9.87. The van der Waals surface area contributed by atoms with Gasteiger partial charge in [0.1, 0.15) is 6.17 Å². The number of unbranched alkanes of at least 4 members (excludes halogenated alkanes) is 2. The number of thioether (sulfide) groups is 1. The Morgan fingerprint density at radius 1 is 1.38 bits per heavy atom. The summed E-state index contributed by atoms with van der Waals surface area (Å²) in [5.41, 5.74) is 1.49. The van der Waals surface area contributed by atoms with Gasteiger partial charge in [-0.2, -0.15) is 0 Å². The number of aromatic carboxylic acids is 1. The fourth-order valence-electron chi connectivity index (χ4n) is 3.43. The van der Waals surface area contributed by atoms with E-state index >= 15 is 0 Å². The molecule has 2 heterocycles. The molecule has 1 aromatic heterocycles. The third kappa shape index (κ3) is 5.57. The van der Waals surface area contributed by atoms with Crippen molar-refractivity contribution in [3.63, 3.8) is 0 Å². The smallest absolute Gasteiger partial charge is 0.355 e. The van der Waals surface area contributed by atoms with Gasteiger partial charge in [0.15, 0.2) is 10.0 Å². The van der Waals surface area contributed by atoms with E-state index in [9.17, 15) is 14.0 Å². The Labute approximate surface area is 178 Å². The van der Waals surface area contributed by atoms with Crippen LogP contribution in [0.2, 0.25) is 0 Å². The van der Waals surface area contributed by atoms with Crippen molar-refractivity contribution in [1.82, 2.24) is 4.98 Å². The van der Waals surface area contributed by atoms with Crippen LogP contribution in [0.5, 0.6) is 0 Å². The molecule has 1 aliphatic rings. The molecule has 1 aliphatic heterocycles. The largest absolute Gasteiger partial charge is 0.476 e. The van der Waals surface area contributed by atoms with E-state index in [-0.39, 0.29) is 17.6 Å². The standard InChI is InChI=1S/C21H25FN2O3S2/c1-2-3-4-5-17(22)14-6-8-15(9-7-14)24-16(10-11-19(24)25)12-28-21-23-18(13-29-21)20(26)27/h6-9,13,16-17H,2-5,10-12H2,1H3,(H,26,27)/t16-,17-/m1/s1. The number of carboxylic acids is 1. The zero-order valence-electron chi connectivity index (χ0n) is 16.3. The first kappa shape index (κ1) is 21.8. The molecule has 1 saturated heterocycles. The van der Waals surface area contributed by atoms with Crippen molar-refractivity contribution < 1.29 is 19.1 Å². The number of carbonyl (C=O) groups is 2. The Hall–Kier alpha value is -1.93. The highest BCUT2D eigenvalue weighted by Crippen LogP contribution is 2.33. The summed E-state index contributed by atoms with van der Waals surface area (Å²) < 4.78 is 15.0. The van der Waals surface area contributed by atoms with Crippen molar-refractivity contribution in [3.05, 3.63) is 40.9 Å². The molecule has 2 aromatic rings. The van der Waals surface area contributed by atoms with Crippen molar-refractivity contribution in [2.24, 2.45) is 0 Å². The predicted molar refractivity (Wildman–Crippen MR) is 115 cm³/mol. The second-order valence-electron chi connectivity index (χ2n) is 7.13. The number of carbonyl (C=O) groups excluding carboxylic acids is 1. The van der Waals surface area contributed by atoms with Gasteiger partial charge in [-0.15, -0.1) is 11.3 Å². The van der Waals surface area contributed by atoms with Gasteiger partial charge < -0.3 is 10.0 Å². The lowest BCUT2D eigenvalue weighted by Gasteiger charge is -2.25. The molecule has 0 radical (unpaired) electrons. The molecule has 0 aliphatic carbocycles. The average Bonchev–Trinajstić information content (AvgIpc) is 3.33. The Kier molecular flexibility index (Phi) is 7.66. The number of aromatic nitrogens is 1. The molecule has 0 spiro atoms. The van der Waals surface area contributed by atoms with Crippen LogP contribution in [0.1, 0.15) is 67.7 Å². The van der Waals surface area contributed by atoms with Crippen LogP contribution < -0.4 is 4.90 Å². The van der Waals surface area contributed by atoms with Crippen LogP contribution in [0.3, 0.4) is 0 Å². The maximum absolute atomic E-state index is 14.4. The molecule has 3 rings (SSSR count). The van der Waals surface area contributed by atoms with Gasteiger partial charge in [-0.05, 0) is 30.5 Å². The van der Waals surface area contributed by atoms with Crippen LogP contribution in [0.15, 0.2) is 34.0 Å². The minimum atomic E-state index is -1.04. The Morgan fingerprint density at radius 3 is 2.79 bits per heavy atom. The second kappa shape index (κ2) is 10.2. The van der Waals surface area contributed by atoms with Gasteiger partial charge >= 0.3 is 5.97 Å².